The summed E-state index contributed by atoms with van der Waals surface area (Å²) in [6.07, 6.45) is 2.81. The molecule has 94 valence electrons. The average Bonchev–Trinajstić information content (AvgIpc) is 3.09. The van der Waals surface area contributed by atoms with E-state index in [1.165, 1.54) is 30.6 Å². The Hall–Kier alpha value is -1.02. The molecule has 0 amide bonds. The monoisotopic (exact) mass is 232 g/mol. The van der Waals surface area contributed by atoms with E-state index in [1.54, 1.807) is 0 Å². The highest BCUT2D eigenvalue weighted by Crippen LogP contribution is 2.32. The number of benzene rings is 1. The topological polar surface area (TPSA) is 29.3 Å². The fourth-order valence-corrected chi connectivity index (χ4v) is 2.16. The van der Waals surface area contributed by atoms with Gasteiger partial charge in [0.25, 0.3) is 0 Å². The maximum Gasteiger partial charge on any atom is 0.0368 e. The van der Waals surface area contributed by atoms with Crippen molar-refractivity contribution in [1.29, 1.82) is 0 Å². The van der Waals surface area contributed by atoms with Gasteiger partial charge in [-0.25, -0.2) is 0 Å². The first-order chi connectivity index (χ1) is 8.08. The minimum absolute atomic E-state index is 0.125. The summed E-state index contributed by atoms with van der Waals surface area (Å²) in [6, 6.07) is 9.42. The Labute approximate surface area is 105 Å². The van der Waals surface area contributed by atoms with E-state index in [9.17, 15) is 0 Å². The Morgan fingerprint density at radius 3 is 2.18 bits per heavy atom. The highest BCUT2D eigenvalue weighted by molar-refractivity contribution is 5.49. The predicted octanol–water partition coefficient (Wildman–Crippen LogP) is 3.33. The van der Waals surface area contributed by atoms with Crippen molar-refractivity contribution >= 4 is 5.69 Å². The normalized spacial score (nSPS) is 17.2. The van der Waals surface area contributed by atoms with Gasteiger partial charge < -0.3 is 10.6 Å². The van der Waals surface area contributed by atoms with Crippen LogP contribution in [-0.2, 0) is 0 Å². The molecule has 0 radical (unpaired) electrons. The van der Waals surface area contributed by atoms with Gasteiger partial charge in [-0.15, -0.1) is 0 Å². The first-order valence-corrected chi connectivity index (χ1v) is 6.70. The van der Waals surface area contributed by atoms with E-state index in [0.29, 0.717) is 6.04 Å². The van der Waals surface area contributed by atoms with Crippen molar-refractivity contribution in [3.05, 3.63) is 29.8 Å². The van der Waals surface area contributed by atoms with Crippen LogP contribution in [0.25, 0.3) is 0 Å². The molecule has 0 aliphatic heterocycles. The first kappa shape index (κ1) is 12.4. The fraction of sp³-hybridized carbons (Fsp3) is 0.600. The van der Waals surface area contributed by atoms with Crippen LogP contribution in [-0.4, -0.2) is 12.6 Å². The maximum atomic E-state index is 5.88. The third-order valence-corrected chi connectivity index (χ3v) is 3.53. The summed E-state index contributed by atoms with van der Waals surface area (Å²) in [7, 11) is 0. The van der Waals surface area contributed by atoms with Crippen LogP contribution in [0.1, 0.15) is 45.2 Å². The van der Waals surface area contributed by atoms with E-state index in [-0.39, 0.29) is 6.04 Å². The minimum Gasteiger partial charge on any atom is -0.369 e. The van der Waals surface area contributed by atoms with Crippen LogP contribution in [0.4, 0.5) is 5.69 Å². The summed E-state index contributed by atoms with van der Waals surface area (Å²) >= 11 is 0. The minimum atomic E-state index is 0.125. The van der Waals surface area contributed by atoms with Gasteiger partial charge in [-0.05, 0) is 57.2 Å². The lowest BCUT2D eigenvalue weighted by Gasteiger charge is -2.29. The predicted molar refractivity (Wildman–Crippen MR) is 74.3 cm³/mol. The lowest BCUT2D eigenvalue weighted by Crippen LogP contribution is -2.32. The summed E-state index contributed by atoms with van der Waals surface area (Å²) in [5, 5.41) is 0. The number of hydrogen-bond donors (Lipinski definition) is 1. The molecule has 2 nitrogen and oxygen atoms in total. The molecule has 17 heavy (non-hydrogen) atoms. The van der Waals surface area contributed by atoms with E-state index in [4.69, 9.17) is 5.73 Å². The van der Waals surface area contributed by atoms with Gasteiger partial charge in [-0.1, -0.05) is 12.1 Å². The Bertz CT molecular complexity index is 350. The van der Waals surface area contributed by atoms with Crippen molar-refractivity contribution in [2.75, 3.05) is 11.4 Å². The van der Waals surface area contributed by atoms with Gasteiger partial charge >= 0.3 is 0 Å². The lowest BCUT2D eigenvalue weighted by molar-refractivity contribution is 0.644. The molecule has 0 unspecified atom stereocenters. The molecule has 1 fully saturated rings. The van der Waals surface area contributed by atoms with Crippen molar-refractivity contribution in [3.8, 4) is 0 Å². The Kier molecular flexibility index (Phi) is 3.72. The quantitative estimate of drug-likeness (QED) is 0.843. The van der Waals surface area contributed by atoms with Crippen molar-refractivity contribution in [3.63, 3.8) is 0 Å². The molecule has 1 aromatic rings. The largest absolute Gasteiger partial charge is 0.369 e. The molecular weight excluding hydrogens is 208 g/mol. The molecule has 0 saturated heterocycles. The van der Waals surface area contributed by atoms with Crippen LogP contribution in [0.5, 0.6) is 0 Å². The third kappa shape index (κ3) is 3.22. The van der Waals surface area contributed by atoms with E-state index >= 15 is 0 Å². The molecular formula is C15H24N2. The summed E-state index contributed by atoms with van der Waals surface area (Å²) in [5.74, 6) is 0.922. The van der Waals surface area contributed by atoms with Crippen molar-refractivity contribution < 1.29 is 0 Å². The van der Waals surface area contributed by atoms with Crippen LogP contribution in [0.3, 0.4) is 0 Å². The third-order valence-electron chi connectivity index (χ3n) is 3.53. The van der Waals surface area contributed by atoms with Crippen LogP contribution < -0.4 is 10.6 Å². The Morgan fingerprint density at radius 2 is 1.76 bits per heavy atom. The average molecular weight is 232 g/mol. The molecule has 1 atom stereocenters. The van der Waals surface area contributed by atoms with Crippen LogP contribution >= 0.6 is 0 Å². The Morgan fingerprint density at radius 1 is 1.18 bits per heavy atom. The molecule has 2 N–H and O–H groups in total. The van der Waals surface area contributed by atoms with Gasteiger partial charge in [-0.2, -0.15) is 0 Å². The van der Waals surface area contributed by atoms with Crippen LogP contribution in [0, 0.1) is 5.92 Å². The lowest BCUT2D eigenvalue weighted by atomic mass is 10.1. The summed E-state index contributed by atoms with van der Waals surface area (Å²) in [4.78, 5) is 2.50. The van der Waals surface area contributed by atoms with E-state index in [0.717, 1.165) is 5.92 Å². The molecule has 1 saturated carbocycles. The molecule has 1 aliphatic carbocycles. The highest BCUT2D eigenvalue weighted by atomic mass is 15.2. The molecule has 2 heteroatoms. The molecule has 2 rings (SSSR count). The number of rotatable bonds is 5. The number of nitrogens with two attached hydrogens (primary N) is 1. The number of anilines is 1. The second-order valence-electron chi connectivity index (χ2n) is 5.57. The molecule has 1 aliphatic rings. The van der Waals surface area contributed by atoms with Gasteiger partial charge in [0.2, 0.25) is 0 Å². The molecule has 0 heterocycles. The zero-order valence-corrected chi connectivity index (χ0v) is 11.2. The fourth-order valence-electron chi connectivity index (χ4n) is 2.16. The zero-order valence-electron chi connectivity index (χ0n) is 11.2. The van der Waals surface area contributed by atoms with Crippen molar-refractivity contribution in [2.24, 2.45) is 11.7 Å². The first-order valence-electron chi connectivity index (χ1n) is 6.70. The van der Waals surface area contributed by atoms with E-state index in [1.807, 2.05) is 6.92 Å². The molecule has 0 spiro atoms. The smallest absolute Gasteiger partial charge is 0.0368 e. The standard InChI is InChI=1S/C15H24N2/c1-11(2)17(10-13-4-5-13)15-8-6-14(7-9-15)12(3)16/h6-9,11-13H,4-5,10,16H2,1-3H3/t12-/m1/s1. The molecule has 1 aromatic carbocycles. The van der Waals surface area contributed by atoms with Crippen LogP contribution in [0.2, 0.25) is 0 Å². The van der Waals surface area contributed by atoms with E-state index in [2.05, 4.69) is 43.0 Å². The summed E-state index contributed by atoms with van der Waals surface area (Å²) in [5.41, 5.74) is 8.42. The Balaban J connectivity index is 2.11. The van der Waals surface area contributed by atoms with Gasteiger partial charge in [0, 0.05) is 24.3 Å². The summed E-state index contributed by atoms with van der Waals surface area (Å²) < 4.78 is 0. The maximum absolute atomic E-state index is 5.88. The SMILES string of the molecule is CC(C)N(CC1CC1)c1ccc([C@@H](C)N)cc1. The van der Waals surface area contributed by atoms with E-state index < -0.39 is 0 Å². The number of hydrogen-bond acceptors (Lipinski definition) is 2. The highest BCUT2D eigenvalue weighted by Gasteiger charge is 2.25. The van der Waals surface area contributed by atoms with Gasteiger partial charge in [0.1, 0.15) is 0 Å². The molecule has 0 aromatic heterocycles. The van der Waals surface area contributed by atoms with Gasteiger partial charge in [0.05, 0.1) is 0 Å². The summed E-state index contributed by atoms with van der Waals surface area (Å²) in [6.45, 7) is 7.76. The zero-order chi connectivity index (χ0) is 12.4. The van der Waals surface area contributed by atoms with Crippen molar-refractivity contribution in [2.45, 2.75) is 45.7 Å². The molecule has 0 bridgehead atoms. The van der Waals surface area contributed by atoms with Gasteiger partial charge in [-0.3, -0.25) is 0 Å². The second-order valence-corrected chi connectivity index (χ2v) is 5.57. The van der Waals surface area contributed by atoms with Gasteiger partial charge in [0.15, 0.2) is 0 Å². The second kappa shape index (κ2) is 5.09. The number of nitrogens with zero attached hydrogens (tertiary/aromatic N) is 1. The van der Waals surface area contributed by atoms with Crippen LogP contribution in [0.15, 0.2) is 24.3 Å². The van der Waals surface area contributed by atoms with Crippen molar-refractivity contribution in [1.82, 2.24) is 0 Å².